The predicted molar refractivity (Wildman–Crippen MR) is 77.5 cm³/mol. The van der Waals surface area contributed by atoms with Gasteiger partial charge in [0.1, 0.15) is 6.61 Å². The Labute approximate surface area is 127 Å². The molecule has 22 heavy (non-hydrogen) atoms. The fraction of sp³-hybridized carbons (Fsp3) is 0.429. The van der Waals surface area contributed by atoms with Crippen LogP contribution in [0.2, 0.25) is 0 Å². The van der Waals surface area contributed by atoms with Crippen LogP contribution < -0.4 is 5.32 Å². The standard InChI is InChI=1S/C14H18N2O6/c1-2-21-9-10-22-13(17)7-8-15-14(18)11-3-5-12(6-4-11)16(19)20/h3-6H,2,7-10H2,1H3,(H,15,18). The highest BCUT2D eigenvalue weighted by Gasteiger charge is 2.10. The lowest BCUT2D eigenvalue weighted by atomic mass is 10.2. The van der Waals surface area contributed by atoms with E-state index in [1.807, 2.05) is 6.92 Å². The quantitative estimate of drug-likeness (QED) is 0.319. The van der Waals surface area contributed by atoms with Crippen LogP contribution in [0.3, 0.4) is 0 Å². The number of rotatable bonds is 9. The van der Waals surface area contributed by atoms with E-state index in [9.17, 15) is 19.7 Å². The van der Waals surface area contributed by atoms with Crippen molar-refractivity contribution in [2.45, 2.75) is 13.3 Å². The van der Waals surface area contributed by atoms with Gasteiger partial charge in [-0.2, -0.15) is 0 Å². The summed E-state index contributed by atoms with van der Waals surface area (Å²) < 4.78 is 9.90. The van der Waals surface area contributed by atoms with Gasteiger partial charge >= 0.3 is 5.97 Å². The first kappa shape index (κ1) is 17.6. The minimum absolute atomic E-state index is 0.0465. The van der Waals surface area contributed by atoms with Gasteiger partial charge in [-0.15, -0.1) is 0 Å². The molecule has 1 N–H and O–H groups in total. The number of ether oxygens (including phenoxy) is 2. The maximum atomic E-state index is 11.8. The number of benzene rings is 1. The van der Waals surface area contributed by atoms with Crippen molar-refractivity contribution in [1.82, 2.24) is 5.32 Å². The highest BCUT2D eigenvalue weighted by atomic mass is 16.6. The number of carbonyl (C=O) groups is 2. The summed E-state index contributed by atoms with van der Waals surface area (Å²) in [5.41, 5.74) is 0.199. The molecule has 0 aromatic heterocycles. The molecule has 0 atom stereocenters. The molecule has 1 amide bonds. The molecule has 0 aliphatic carbocycles. The summed E-state index contributed by atoms with van der Waals surface area (Å²) in [5, 5.41) is 13.0. The van der Waals surface area contributed by atoms with E-state index in [0.717, 1.165) is 0 Å². The molecule has 1 rings (SSSR count). The first-order valence-electron chi connectivity index (χ1n) is 6.80. The first-order valence-corrected chi connectivity index (χ1v) is 6.80. The van der Waals surface area contributed by atoms with E-state index in [1.54, 1.807) is 0 Å². The topological polar surface area (TPSA) is 108 Å². The zero-order valence-corrected chi connectivity index (χ0v) is 12.2. The molecule has 1 aromatic carbocycles. The van der Waals surface area contributed by atoms with Gasteiger partial charge in [0.2, 0.25) is 0 Å². The third-order valence-electron chi connectivity index (χ3n) is 2.65. The molecular weight excluding hydrogens is 292 g/mol. The van der Waals surface area contributed by atoms with Crippen LogP contribution in [-0.2, 0) is 14.3 Å². The Kier molecular flexibility index (Phi) is 7.55. The molecule has 0 fully saturated rings. The van der Waals surface area contributed by atoms with Crippen molar-refractivity contribution in [2.75, 3.05) is 26.4 Å². The van der Waals surface area contributed by atoms with Gasteiger partial charge in [0.25, 0.3) is 11.6 Å². The molecule has 0 aliphatic rings. The van der Waals surface area contributed by atoms with Gasteiger partial charge in [0.15, 0.2) is 0 Å². The molecule has 0 saturated carbocycles. The Balaban J connectivity index is 2.28. The Morgan fingerprint density at radius 3 is 2.50 bits per heavy atom. The van der Waals surface area contributed by atoms with Crippen LogP contribution in [0.15, 0.2) is 24.3 Å². The van der Waals surface area contributed by atoms with E-state index in [-0.39, 0.29) is 30.8 Å². The van der Waals surface area contributed by atoms with Gasteiger partial charge in [-0.05, 0) is 19.1 Å². The summed E-state index contributed by atoms with van der Waals surface area (Å²) in [6.07, 6.45) is 0.0465. The Bertz CT molecular complexity index is 515. The van der Waals surface area contributed by atoms with Gasteiger partial charge in [0, 0.05) is 30.8 Å². The molecule has 0 saturated heterocycles. The van der Waals surface area contributed by atoms with Gasteiger partial charge < -0.3 is 14.8 Å². The number of hydrogen-bond acceptors (Lipinski definition) is 6. The van der Waals surface area contributed by atoms with Crippen molar-refractivity contribution < 1.29 is 24.0 Å². The van der Waals surface area contributed by atoms with Crippen molar-refractivity contribution in [3.05, 3.63) is 39.9 Å². The number of nitro groups is 1. The van der Waals surface area contributed by atoms with E-state index >= 15 is 0 Å². The molecule has 8 nitrogen and oxygen atoms in total. The van der Waals surface area contributed by atoms with E-state index in [2.05, 4.69) is 5.32 Å². The molecular formula is C14H18N2O6. The van der Waals surface area contributed by atoms with Crippen LogP contribution in [0.1, 0.15) is 23.7 Å². The van der Waals surface area contributed by atoms with Crippen LogP contribution in [-0.4, -0.2) is 43.2 Å². The minimum Gasteiger partial charge on any atom is -0.463 e. The summed E-state index contributed by atoms with van der Waals surface area (Å²) in [6, 6.07) is 5.20. The average molecular weight is 310 g/mol. The van der Waals surface area contributed by atoms with Crippen molar-refractivity contribution in [2.24, 2.45) is 0 Å². The summed E-state index contributed by atoms with van der Waals surface area (Å²) in [5.74, 6) is -0.833. The maximum absolute atomic E-state index is 11.8. The maximum Gasteiger partial charge on any atom is 0.307 e. The number of non-ortho nitro benzene ring substituents is 1. The Morgan fingerprint density at radius 2 is 1.91 bits per heavy atom. The fourth-order valence-corrected chi connectivity index (χ4v) is 1.55. The second kappa shape index (κ2) is 9.46. The third kappa shape index (κ3) is 6.31. The third-order valence-corrected chi connectivity index (χ3v) is 2.65. The molecule has 0 aliphatic heterocycles. The highest BCUT2D eigenvalue weighted by molar-refractivity contribution is 5.94. The van der Waals surface area contributed by atoms with Crippen LogP contribution in [0.5, 0.6) is 0 Å². The van der Waals surface area contributed by atoms with Gasteiger partial charge in [-0.25, -0.2) is 0 Å². The molecule has 0 heterocycles. The Morgan fingerprint density at radius 1 is 1.23 bits per heavy atom. The van der Waals surface area contributed by atoms with Crippen LogP contribution in [0.25, 0.3) is 0 Å². The van der Waals surface area contributed by atoms with Gasteiger partial charge in [-0.1, -0.05) is 0 Å². The predicted octanol–water partition coefficient (Wildman–Crippen LogP) is 1.29. The number of esters is 1. The van der Waals surface area contributed by atoms with E-state index in [1.165, 1.54) is 24.3 Å². The first-order chi connectivity index (χ1) is 10.5. The minimum atomic E-state index is -0.542. The summed E-state index contributed by atoms with van der Waals surface area (Å²) in [4.78, 5) is 33.1. The van der Waals surface area contributed by atoms with E-state index < -0.39 is 16.8 Å². The van der Waals surface area contributed by atoms with Crippen molar-refractivity contribution in [3.8, 4) is 0 Å². The second-order valence-corrected chi connectivity index (χ2v) is 4.23. The van der Waals surface area contributed by atoms with Gasteiger partial charge in [-0.3, -0.25) is 19.7 Å². The van der Waals surface area contributed by atoms with Crippen LogP contribution in [0, 0.1) is 10.1 Å². The second-order valence-electron chi connectivity index (χ2n) is 4.23. The SMILES string of the molecule is CCOCCOC(=O)CCNC(=O)c1ccc([N+](=O)[O-])cc1. The molecule has 0 spiro atoms. The molecule has 8 heteroatoms. The molecule has 0 bridgehead atoms. The van der Waals surface area contributed by atoms with E-state index in [0.29, 0.717) is 13.2 Å². The zero-order chi connectivity index (χ0) is 16.4. The lowest BCUT2D eigenvalue weighted by molar-refractivity contribution is -0.384. The summed E-state index contributed by atoms with van der Waals surface area (Å²) >= 11 is 0. The number of carbonyl (C=O) groups excluding carboxylic acids is 2. The zero-order valence-electron chi connectivity index (χ0n) is 12.2. The van der Waals surface area contributed by atoms with Crippen molar-refractivity contribution in [3.63, 3.8) is 0 Å². The number of nitrogens with zero attached hydrogens (tertiary/aromatic N) is 1. The van der Waals surface area contributed by atoms with Crippen molar-refractivity contribution >= 4 is 17.6 Å². The molecule has 1 aromatic rings. The van der Waals surface area contributed by atoms with Gasteiger partial charge in [0.05, 0.1) is 18.0 Å². The normalized spacial score (nSPS) is 10.0. The average Bonchev–Trinajstić information content (AvgIpc) is 2.51. The van der Waals surface area contributed by atoms with Crippen LogP contribution in [0.4, 0.5) is 5.69 Å². The lowest BCUT2D eigenvalue weighted by Gasteiger charge is -2.06. The largest absolute Gasteiger partial charge is 0.463 e. The van der Waals surface area contributed by atoms with Crippen molar-refractivity contribution in [1.29, 1.82) is 0 Å². The number of nitro benzene ring substituents is 1. The molecule has 0 unspecified atom stereocenters. The van der Waals surface area contributed by atoms with E-state index in [4.69, 9.17) is 9.47 Å². The smallest absolute Gasteiger partial charge is 0.307 e. The Hall–Kier alpha value is -2.48. The van der Waals surface area contributed by atoms with Crippen LogP contribution >= 0.6 is 0 Å². The summed E-state index contributed by atoms with van der Waals surface area (Å²) in [6.45, 7) is 3.06. The molecule has 120 valence electrons. The fourth-order valence-electron chi connectivity index (χ4n) is 1.55. The lowest BCUT2D eigenvalue weighted by Crippen LogP contribution is -2.26. The summed E-state index contributed by atoms with van der Waals surface area (Å²) in [7, 11) is 0. The number of nitrogens with one attached hydrogen (secondary N) is 1. The number of hydrogen-bond donors (Lipinski definition) is 1. The highest BCUT2D eigenvalue weighted by Crippen LogP contribution is 2.11. The monoisotopic (exact) mass is 310 g/mol. The molecule has 0 radical (unpaired) electrons. The number of amides is 1.